The highest BCUT2D eigenvalue weighted by molar-refractivity contribution is 6.01. The molecule has 0 bridgehead atoms. The van der Waals surface area contributed by atoms with Crippen molar-refractivity contribution in [2.45, 2.75) is 76.7 Å². The Hall–Kier alpha value is -1.41. The number of rotatable bonds is 2. The van der Waals surface area contributed by atoms with Gasteiger partial charge < -0.3 is 19.7 Å². The van der Waals surface area contributed by atoms with Crippen LogP contribution in [0.25, 0.3) is 0 Å². The van der Waals surface area contributed by atoms with Gasteiger partial charge in [0.25, 0.3) is 0 Å². The molecule has 9 atom stereocenters. The highest BCUT2D eigenvalue weighted by Gasteiger charge is 2.77. The standard InChI is InChI=1S/C24H31FO6/c1-21(2)30-19-9-14-13-8-16(25)15-7-12(27)5-6-22(15,3)20(13)17(28)10-23(14,4)24(19,31-21)18(29)11-26/h5-7,13-14,16-17,19-20,26,28H,8-11H2,1-4H3/t13-,14-,16+,17+,19+,20-,22-,23-,24+/m1/s1. The van der Waals surface area contributed by atoms with E-state index in [-0.39, 0.29) is 36.4 Å². The summed E-state index contributed by atoms with van der Waals surface area (Å²) < 4.78 is 27.9. The van der Waals surface area contributed by atoms with E-state index in [1.165, 1.54) is 12.2 Å². The van der Waals surface area contributed by atoms with Crippen molar-refractivity contribution in [3.8, 4) is 0 Å². The van der Waals surface area contributed by atoms with E-state index in [4.69, 9.17) is 9.47 Å². The molecule has 1 aliphatic heterocycles. The Bertz CT molecular complexity index is 910. The molecule has 0 aromatic rings. The zero-order chi connectivity index (χ0) is 22.6. The quantitative estimate of drug-likeness (QED) is 0.693. The van der Waals surface area contributed by atoms with Gasteiger partial charge in [-0.05, 0) is 62.7 Å². The summed E-state index contributed by atoms with van der Waals surface area (Å²) in [5.74, 6) is -2.28. The van der Waals surface area contributed by atoms with E-state index in [0.717, 1.165) is 0 Å². The average Bonchev–Trinajstić information content (AvgIpc) is 3.08. The molecule has 31 heavy (non-hydrogen) atoms. The van der Waals surface area contributed by atoms with E-state index in [2.05, 4.69) is 0 Å². The van der Waals surface area contributed by atoms with Gasteiger partial charge in [0.05, 0.1) is 12.2 Å². The third-order valence-electron chi connectivity index (χ3n) is 9.03. The summed E-state index contributed by atoms with van der Waals surface area (Å²) in [4.78, 5) is 25.1. The van der Waals surface area contributed by atoms with Crippen LogP contribution in [0.4, 0.5) is 4.39 Å². The molecule has 0 aromatic heterocycles. The summed E-state index contributed by atoms with van der Waals surface area (Å²) in [7, 11) is 0. The number of halogens is 1. The van der Waals surface area contributed by atoms with Gasteiger partial charge in [-0.2, -0.15) is 0 Å². The van der Waals surface area contributed by atoms with E-state index in [9.17, 15) is 19.8 Å². The molecule has 0 spiro atoms. The number of aliphatic hydroxyl groups excluding tert-OH is 2. The first-order valence-electron chi connectivity index (χ1n) is 11.2. The van der Waals surface area contributed by atoms with Crippen molar-refractivity contribution in [1.82, 2.24) is 0 Å². The van der Waals surface area contributed by atoms with Crippen molar-refractivity contribution >= 4 is 11.6 Å². The first-order valence-corrected chi connectivity index (χ1v) is 11.2. The van der Waals surface area contributed by atoms with Crippen LogP contribution in [-0.4, -0.2) is 58.2 Å². The van der Waals surface area contributed by atoms with Crippen molar-refractivity contribution in [1.29, 1.82) is 0 Å². The number of carbonyl (C=O) groups excluding carboxylic acids is 2. The molecule has 0 unspecified atom stereocenters. The summed E-state index contributed by atoms with van der Waals surface area (Å²) in [6, 6.07) is 0. The fourth-order valence-electron chi connectivity index (χ4n) is 8.05. The summed E-state index contributed by atoms with van der Waals surface area (Å²) in [6.07, 6.45) is 2.90. The third-order valence-corrected chi connectivity index (χ3v) is 9.03. The van der Waals surface area contributed by atoms with Gasteiger partial charge in [0.1, 0.15) is 12.8 Å². The van der Waals surface area contributed by atoms with Gasteiger partial charge in [-0.3, -0.25) is 9.59 Å². The molecule has 0 aromatic carbocycles. The van der Waals surface area contributed by atoms with Crippen LogP contribution in [-0.2, 0) is 19.1 Å². The number of hydrogen-bond acceptors (Lipinski definition) is 6. The maximum atomic E-state index is 15.4. The van der Waals surface area contributed by atoms with E-state index >= 15 is 4.39 Å². The van der Waals surface area contributed by atoms with Crippen LogP contribution in [0.5, 0.6) is 0 Å². The van der Waals surface area contributed by atoms with Crippen molar-refractivity contribution in [2.24, 2.45) is 28.6 Å². The lowest BCUT2D eigenvalue weighted by Gasteiger charge is -2.60. The number of hydrogen-bond donors (Lipinski definition) is 2. The minimum atomic E-state index is -1.37. The SMILES string of the molecule is CC1(C)O[C@H]2C[C@@H]3[C@H]4C[C@H](F)C5=CC(=O)C=C[C@@]5(C)[C@H]4[C@@H](O)C[C@@]3(C)[C@@]2(C(=O)CO)O1. The lowest BCUT2D eigenvalue weighted by atomic mass is 9.46. The first kappa shape index (κ1) is 21.4. The zero-order valence-electron chi connectivity index (χ0n) is 18.4. The smallest absolute Gasteiger partial charge is 0.193 e. The topological polar surface area (TPSA) is 93.1 Å². The minimum absolute atomic E-state index is 0.125. The Morgan fingerprint density at radius 2 is 1.97 bits per heavy atom. The summed E-state index contributed by atoms with van der Waals surface area (Å²) in [5, 5.41) is 21.3. The second-order valence-electron chi connectivity index (χ2n) is 11.0. The van der Waals surface area contributed by atoms with Crippen molar-refractivity contribution < 1.29 is 33.7 Å². The van der Waals surface area contributed by atoms with Crippen molar-refractivity contribution in [3.05, 3.63) is 23.8 Å². The van der Waals surface area contributed by atoms with Crippen LogP contribution in [0.3, 0.4) is 0 Å². The molecular weight excluding hydrogens is 403 g/mol. The van der Waals surface area contributed by atoms with Gasteiger partial charge in [0.2, 0.25) is 0 Å². The van der Waals surface area contributed by atoms with Crippen LogP contribution in [0.1, 0.15) is 47.0 Å². The Labute approximate surface area is 181 Å². The molecule has 4 aliphatic carbocycles. The fraction of sp³-hybridized carbons (Fsp3) is 0.750. The predicted molar refractivity (Wildman–Crippen MR) is 109 cm³/mol. The Balaban J connectivity index is 1.62. The number of ether oxygens (including phenoxy) is 2. The maximum Gasteiger partial charge on any atom is 0.193 e. The number of ketones is 2. The normalized spacial score (nSPS) is 52.1. The molecule has 6 nitrogen and oxygen atoms in total. The number of Topliss-reactive ketones (excluding diaryl/α,β-unsaturated/α-hetero) is 1. The molecule has 1 heterocycles. The van der Waals surface area contributed by atoms with E-state index in [0.29, 0.717) is 12.0 Å². The van der Waals surface area contributed by atoms with E-state index in [1.54, 1.807) is 19.9 Å². The largest absolute Gasteiger partial charge is 0.393 e. The third kappa shape index (κ3) is 2.52. The Kier molecular flexibility index (Phi) is 4.38. The summed E-state index contributed by atoms with van der Waals surface area (Å²) in [6.45, 7) is 6.65. The Morgan fingerprint density at radius 1 is 1.26 bits per heavy atom. The van der Waals surface area contributed by atoms with Gasteiger partial charge >= 0.3 is 0 Å². The molecule has 4 fully saturated rings. The monoisotopic (exact) mass is 434 g/mol. The predicted octanol–water partition coefficient (Wildman–Crippen LogP) is 2.27. The van der Waals surface area contributed by atoms with Crippen molar-refractivity contribution in [3.63, 3.8) is 0 Å². The summed E-state index contributed by atoms with van der Waals surface area (Å²) >= 11 is 0. The molecular formula is C24H31FO6. The number of fused-ring (bicyclic) bond motifs is 7. The van der Waals surface area contributed by atoms with Crippen LogP contribution < -0.4 is 0 Å². The second kappa shape index (κ2) is 6.34. The van der Waals surface area contributed by atoms with Gasteiger partial charge in [-0.25, -0.2) is 4.39 Å². The Morgan fingerprint density at radius 3 is 2.65 bits per heavy atom. The van der Waals surface area contributed by atoms with Gasteiger partial charge in [-0.15, -0.1) is 0 Å². The van der Waals surface area contributed by atoms with Gasteiger partial charge in [-0.1, -0.05) is 19.9 Å². The first-order chi connectivity index (χ1) is 14.4. The van der Waals surface area contributed by atoms with Crippen LogP contribution in [0.2, 0.25) is 0 Å². The number of alkyl halides is 1. The molecule has 5 rings (SSSR count). The van der Waals surface area contributed by atoms with E-state index < -0.39 is 53.0 Å². The number of aliphatic hydroxyl groups is 2. The molecule has 3 saturated carbocycles. The average molecular weight is 435 g/mol. The molecule has 7 heteroatoms. The lowest BCUT2D eigenvalue weighted by molar-refractivity contribution is -0.226. The minimum Gasteiger partial charge on any atom is -0.393 e. The van der Waals surface area contributed by atoms with Crippen LogP contribution in [0, 0.1) is 28.6 Å². The molecule has 1 saturated heterocycles. The highest BCUT2D eigenvalue weighted by atomic mass is 19.1. The fourth-order valence-corrected chi connectivity index (χ4v) is 8.05. The van der Waals surface area contributed by atoms with Crippen molar-refractivity contribution in [2.75, 3.05) is 6.61 Å². The number of carbonyl (C=O) groups is 2. The van der Waals surface area contributed by atoms with E-state index in [1.807, 2.05) is 13.8 Å². The number of allylic oxidation sites excluding steroid dienone is 4. The zero-order valence-corrected chi connectivity index (χ0v) is 18.4. The molecule has 0 radical (unpaired) electrons. The van der Waals surface area contributed by atoms with Gasteiger partial charge in [0.15, 0.2) is 23.0 Å². The molecule has 170 valence electrons. The molecule has 0 amide bonds. The van der Waals surface area contributed by atoms with Crippen LogP contribution in [0.15, 0.2) is 23.8 Å². The highest BCUT2D eigenvalue weighted by Crippen LogP contribution is 2.70. The molecule has 2 N–H and O–H groups in total. The second-order valence-corrected chi connectivity index (χ2v) is 11.0. The lowest BCUT2D eigenvalue weighted by Crippen LogP contribution is -2.64. The maximum absolute atomic E-state index is 15.4. The van der Waals surface area contributed by atoms with Gasteiger partial charge in [0, 0.05) is 16.7 Å². The van der Waals surface area contributed by atoms with Crippen LogP contribution >= 0.6 is 0 Å². The molecule has 5 aliphatic rings. The summed E-state index contributed by atoms with van der Waals surface area (Å²) in [5.41, 5.74) is -2.50.